The number of aryl methyl sites for hydroxylation is 1. The van der Waals surface area contributed by atoms with Crippen molar-refractivity contribution < 1.29 is 14.3 Å². The largest absolute Gasteiger partial charge is 0.425 e. The maximum atomic E-state index is 12.2. The van der Waals surface area contributed by atoms with Crippen LogP contribution in [0.2, 0.25) is 0 Å². The van der Waals surface area contributed by atoms with Gasteiger partial charge in [-0.1, -0.05) is 55.0 Å². The standard InChI is InChI=1S/C18H18O3/c1-3-18(14-11-9-13(2)10-12-14)16(21-18)17(19)20-15-7-5-4-6-8-15/h4-12,16H,3H2,1-2H3. The Labute approximate surface area is 124 Å². The van der Waals surface area contributed by atoms with Gasteiger partial charge in [0, 0.05) is 0 Å². The van der Waals surface area contributed by atoms with Gasteiger partial charge in [-0.25, -0.2) is 4.79 Å². The third-order valence-corrected chi connectivity index (χ3v) is 3.94. The van der Waals surface area contributed by atoms with Gasteiger partial charge in [-0.05, 0) is 31.0 Å². The lowest BCUT2D eigenvalue weighted by Crippen LogP contribution is -2.23. The van der Waals surface area contributed by atoms with Crippen LogP contribution >= 0.6 is 0 Å². The van der Waals surface area contributed by atoms with Crippen molar-refractivity contribution in [1.29, 1.82) is 0 Å². The van der Waals surface area contributed by atoms with Gasteiger partial charge < -0.3 is 9.47 Å². The monoisotopic (exact) mass is 282 g/mol. The van der Waals surface area contributed by atoms with Crippen LogP contribution in [0.4, 0.5) is 0 Å². The van der Waals surface area contributed by atoms with E-state index in [1.807, 2.05) is 56.3 Å². The summed E-state index contributed by atoms with van der Waals surface area (Å²) < 4.78 is 11.1. The van der Waals surface area contributed by atoms with Crippen molar-refractivity contribution in [2.75, 3.05) is 0 Å². The van der Waals surface area contributed by atoms with Crippen molar-refractivity contribution >= 4 is 5.97 Å². The van der Waals surface area contributed by atoms with Gasteiger partial charge in [0.1, 0.15) is 11.4 Å². The first-order valence-corrected chi connectivity index (χ1v) is 7.17. The molecule has 1 fully saturated rings. The number of hydrogen-bond acceptors (Lipinski definition) is 3. The summed E-state index contributed by atoms with van der Waals surface area (Å²) in [6.07, 6.45) is 0.218. The molecule has 2 atom stereocenters. The predicted molar refractivity (Wildman–Crippen MR) is 80.1 cm³/mol. The maximum Gasteiger partial charge on any atom is 0.344 e. The number of carbonyl (C=O) groups excluding carboxylic acids is 1. The van der Waals surface area contributed by atoms with E-state index in [-0.39, 0.29) is 5.97 Å². The van der Waals surface area contributed by atoms with E-state index < -0.39 is 11.7 Å². The SMILES string of the molecule is CCC1(c2ccc(C)cc2)OC1C(=O)Oc1ccccc1. The number of ether oxygens (including phenoxy) is 2. The smallest absolute Gasteiger partial charge is 0.344 e. The zero-order valence-electron chi connectivity index (χ0n) is 12.2. The molecule has 2 aromatic rings. The number of rotatable bonds is 4. The zero-order chi connectivity index (χ0) is 14.9. The maximum absolute atomic E-state index is 12.2. The van der Waals surface area contributed by atoms with Crippen LogP contribution in [0.5, 0.6) is 5.75 Å². The predicted octanol–water partition coefficient (Wildman–Crippen LogP) is 3.60. The summed E-state index contributed by atoms with van der Waals surface area (Å²) in [5, 5.41) is 0. The number of hydrogen-bond donors (Lipinski definition) is 0. The van der Waals surface area contributed by atoms with Gasteiger partial charge in [0.05, 0.1) is 0 Å². The fraction of sp³-hybridized carbons (Fsp3) is 0.278. The molecule has 1 aliphatic heterocycles. The van der Waals surface area contributed by atoms with Crippen LogP contribution in [0.1, 0.15) is 24.5 Å². The van der Waals surface area contributed by atoms with Gasteiger partial charge in [0.15, 0.2) is 6.10 Å². The van der Waals surface area contributed by atoms with Gasteiger partial charge >= 0.3 is 5.97 Å². The molecule has 0 amide bonds. The summed E-state index contributed by atoms with van der Waals surface area (Å²) in [4.78, 5) is 12.2. The molecule has 3 rings (SSSR count). The highest BCUT2D eigenvalue weighted by molar-refractivity contribution is 5.82. The normalized spacial score (nSPS) is 23.6. The minimum atomic E-state index is -0.528. The Bertz CT molecular complexity index is 633. The van der Waals surface area contributed by atoms with Crippen molar-refractivity contribution in [2.24, 2.45) is 0 Å². The number of carbonyl (C=O) groups is 1. The summed E-state index contributed by atoms with van der Waals surface area (Å²) >= 11 is 0. The Kier molecular flexibility index (Phi) is 3.52. The van der Waals surface area contributed by atoms with Gasteiger partial charge in [-0.15, -0.1) is 0 Å². The Morgan fingerprint density at radius 2 is 1.81 bits per heavy atom. The molecule has 0 saturated carbocycles. The van der Waals surface area contributed by atoms with E-state index in [4.69, 9.17) is 9.47 Å². The molecule has 0 radical (unpaired) electrons. The van der Waals surface area contributed by atoms with E-state index in [0.29, 0.717) is 5.75 Å². The summed E-state index contributed by atoms with van der Waals surface area (Å²) in [6, 6.07) is 17.2. The van der Waals surface area contributed by atoms with Crippen molar-refractivity contribution in [1.82, 2.24) is 0 Å². The molecule has 3 heteroatoms. The molecule has 1 heterocycles. The number of esters is 1. The Hall–Kier alpha value is -2.13. The Balaban J connectivity index is 1.76. The second kappa shape index (κ2) is 5.34. The fourth-order valence-corrected chi connectivity index (χ4v) is 2.60. The summed E-state index contributed by atoms with van der Waals surface area (Å²) in [6.45, 7) is 4.06. The minimum absolute atomic E-state index is 0.330. The second-order valence-corrected chi connectivity index (χ2v) is 5.34. The third-order valence-electron chi connectivity index (χ3n) is 3.94. The first kappa shape index (κ1) is 13.8. The van der Waals surface area contributed by atoms with Gasteiger partial charge in [-0.2, -0.15) is 0 Å². The highest BCUT2D eigenvalue weighted by atomic mass is 16.7. The first-order chi connectivity index (χ1) is 10.2. The molecule has 2 unspecified atom stereocenters. The second-order valence-electron chi connectivity index (χ2n) is 5.34. The van der Waals surface area contributed by atoms with E-state index in [1.165, 1.54) is 5.56 Å². The molecule has 1 saturated heterocycles. The first-order valence-electron chi connectivity index (χ1n) is 7.17. The molecule has 0 N–H and O–H groups in total. The molecule has 0 bridgehead atoms. The van der Waals surface area contributed by atoms with Crippen LogP contribution in [0.3, 0.4) is 0 Å². The van der Waals surface area contributed by atoms with E-state index in [9.17, 15) is 4.79 Å². The molecule has 0 aromatic heterocycles. The number of epoxide rings is 1. The van der Waals surface area contributed by atoms with Crippen molar-refractivity contribution in [2.45, 2.75) is 32.0 Å². The average Bonchev–Trinajstić information content (AvgIpc) is 3.25. The highest BCUT2D eigenvalue weighted by Gasteiger charge is 2.61. The molecule has 2 aromatic carbocycles. The molecule has 0 spiro atoms. The fourth-order valence-electron chi connectivity index (χ4n) is 2.60. The number of benzene rings is 2. The van der Waals surface area contributed by atoms with E-state index in [0.717, 1.165) is 12.0 Å². The molecule has 108 valence electrons. The Morgan fingerprint density at radius 1 is 1.14 bits per heavy atom. The van der Waals surface area contributed by atoms with Crippen molar-refractivity contribution in [3.8, 4) is 5.75 Å². The van der Waals surface area contributed by atoms with Gasteiger partial charge in [-0.3, -0.25) is 0 Å². The van der Waals surface area contributed by atoms with Crippen LogP contribution in [0.15, 0.2) is 54.6 Å². The molecule has 1 aliphatic rings. The third kappa shape index (κ3) is 2.57. The van der Waals surface area contributed by atoms with Gasteiger partial charge in [0.25, 0.3) is 0 Å². The topological polar surface area (TPSA) is 38.8 Å². The zero-order valence-corrected chi connectivity index (χ0v) is 12.2. The quantitative estimate of drug-likeness (QED) is 0.488. The summed E-state index contributed by atoms with van der Waals surface area (Å²) in [5.41, 5.74) is 1.69. The number of para-hydroxylation sites is 1. The van der Waals surface area contributed by atoms with E-state index in [2.05, 4.69) is 0 Å². The van der Waals surface area contributed by atoms with Crippen molar-refractivity contribution in [3.05, 3.63) is 65.7 Å². The highest BCUT2D eigenvalue weighted by Crippen LogP contribution is 2.49. The summed E-state index contributed by atoms with van der Waals surface area (Å²) in [5.74, 6) is 0.218. The van der Waals surface area contributed by atoms with Crippen LogP contribution in [-0.4, -0.2) is 12.1 Å². The molecule has 21 heavy (non-hydrogen) atoms. The van der Waals surface area contributed by atoms with Crippen LogP contribution in [0.25, 0.3) is 0 Å². The molecular weight excluding hydrogens is 264 g/mol. The van der Waals surface area contributed by atoms with Crippen LogP contribution in [-0.2, 0) is 15.1 Å². The lowest BCUT2D eigenvalue weighted by Gasteiger charge is -2.11. The van der Waals surface area contributed by atoms with Gasteiger partial charge in [0.2, 0.25) is 0 Å². The minimum Gasteiger partial charge on any atom is -0.425 e. The summed E-state index contributed by atoms with van der Waals surface area (Å²) in [7, 11) is 0. The average molecular weight is 282 g/mol. The lowest BCUT2D eigenvalue weighted by molar-refractivity contribution is -0.135. The van der Waals surface area contributed by atoms with Crippen LogP contribution in [0, 0.1) is 6.92 Å². The van der Waals surface area contributed by atoms with E-state index in [1.54, 1.807) is 12.1 Å². The van der Waals surface area contributed by atoms with Crippen LogP contribution < -0.4 is 4.74 Å². The molecular formula is C18H18O3. The van der Waals surface area contributed by atoms with Crippen molar-refractivity contribution in [3.63, 3.8) is 0 Å². The van der Waals surface area contributed by atoms with E-state index >= 15 is 0 Å². The molecule has 0 aliphatic carbocycles. The lowest BCUT2D eigenvalue weighted by atomic mass is 9.92. The Morgan fingerprint density at radius 3 is 2.43 bits per heavy atom. The molecule has 3 nitrogen and oxygen atoms in total.